The molecule has 1 fully saturated rings. The lowest BCUT2D eigenvalue weighted by Crippen LogP contribution is -2.54. The van der Waals surface area contributed by atoms with Crippen LogP contribution in [0.25, 0.3) is 0 Å². The molecule has 0 radical (unpaired) electrons. The molecule has 1 aliphatic carbocycles. The van der Waals surface area contributed by atoms with Gasteiger partial charge in [0, 0.05) is 19.0 Å². The summed E-state index contributed by atoms with van der Waals surface area (Å²) in [5.41, 5.74) is 4.07. The first-order valence-corrected chi connectivity index (χ1v) is 17.5. The Morgan fingerprint density at radius 1 is 0.826 bits per heavy atom. The highest BCUT2D eigenvalue weighted by atomic mass is 32.2. The highest BCUT2D eigenvalue weighted by Crippen LogP contribution is 2.29. The molecule has 7 nitrogen and oxygen atoms in total. The predicted molar refractivity (Wildman–Crippen MR) is 183 cm³/mol. The molecule has 0 heterocycles. The van der Waals surface area contributed by atoms with Crippen molar-refractivity contribution in [3.63, 3.8) is 0 Å². The number of amides is 2. The maximum absolute atomic E-state index is 14.7. The van der Waals surface area contributed by atoms with E-state index in [0.29, 0.717) is 18.5 Å². The Labute approximate surface area is 273 Å². The van der Waals surface area contributed by atoms with E-state index in [4.69, 9.17) is 0 Å². The van der Waals surface area contributed by atoms with Gasteiger partial charge in [0.1, 0.15) is 12.6 Å². The number of anilines is 1. The van der Waals surface area contributed by atoms with Crippen molar-refractivity contribution in [3.8, 4) is 0 Å². The molecule has 0 saturated heterocycles. The summed E-state index contributed by atoms with van der Waals surface area (Å²) in [6.45, 7) is 3.65. The summed E-state index contributed by atoms with van der Waals surface area (Å²) in [6.07, 6.45) is 4.82. The van der Waals surface area contributed by atoms with Crippen LogP contribution < -0.4 is 9.62 Å². The molecule has 8 heteroatoms. The third-order valence-corrected chi connectivity index (χ3v) is 10.4. The minimum absolute atomic E-state index is 0.0630. The second-order valence-corrected chi connectivity index (χ2v) is 13.9. The zero-order valence-electron chi connectivity index (χ0n) is 26.6. The summed E-state index contributed by atoms with van der Waals surface area (Å²) < 4.78 is 29.7. The SMILES string of the molecule is CCc1ccccc1N(CC(=O)N(Cc1cccc(C)c1)[C@@H](Cc1ccccc1)C(=O)NC1CCCC1)S(=O)(=O)c1ccccc1. The first-order chi connectivity index (χ1) is 22.3. The van der Waals surface area contributed by atoms with E-state index >= 15 is 0 Å². The molecule has 5 rings (SSSR count). The summed E-state index contributed by atoms with van der Waals surface area (Å²) in [6, 6.07) is 32.2. The van der Waals surface area contributed by atoms with Gasteiger partial charge in [-0.05, 0) is 61.1 Å². The Morgan fingerprint density at radius 3 is 2.13 bits per heavy atom. The van der Waals surface area contributed by atoms with Gasteiger partial charge >= 0.3 is 0 Å². The van der Waals surface area contributed by atoms with Crippen LogP contribution in [0.1, 0.15) is 54.9 Å². The van der Waals surface area contributed by atoms with E-state index in [2.05, 4.69) is 5.32 Å². The Balaban J connectivity index is 1.58. The fraction of sp³-hybridized carbons (Fsp3) is 0.316. The van der Waals surface area contributed by atoms with Gasteiger partial charge in [0.2, 0.25) is 11.8 Å². The van der Waals surface area contributed by atoms with E-state index < -0.39 is 28.5 Å². The molecule has 0 aromatic heterocycles. The lowest BCUT2D eigenvalue weighted by atomic mass is 10.0. The Kier molecular flexibility index (Phi) is 10.9. The highest BCUT2D eigenvalue weighted by Gasteiger charge is 2.36. The number of benzene rings is 4. The molecule has 0 unspecified atom stereocenters. The van der Waals surface area contributed by atoms with Gasteiger partial charge in [-0.25, -0.2) is 8.42 Å². The van der Waals surface area contributed by atoms with Gasteiger partial charge in [-0.2, -0.15) is 0 Å². The van der Waals surface area contributed by atoms with Crippen LogP contribution in [0.2, 0.25) is 0 Å². The van der Waals surface area contributed by atoms with Crippen molar-refractivity contribution in [2.24, 2.45) is 0 Å². The number of aryl methyl sites for hydroxylation is 2. The third kappa shape index (κ3) is 8.04. The normalized spacial score (nSPS) is 14.0. The Hall–Kier alpha value is -4.43. The van der Waals surface area contributed by atoms with Gasteiger partial charge in [0.15, 0.2) is 0 Å². The van der Waals surface area contributed by atoms with E-state index in [1.54, 1.807) is 47.4 Å². The summed E-state index contributed by atoms with van der Waals surface area (Å²) in [4.78, 5) is 30.5. The van der Waals surface area contributed by atoms with Crippen LogP contribution in [0.3, 0.4) is 0 Å². The average Bonchev–Trinajstić information content (AvgIpc) is 3.59. The average molecular weight is 638 g/mol. The molecule has 240 valence electrons. The van der Waals surface area contributed by atoms with Gasteiger partial charge in [-0.15, -0.1) is 0 Å². The number of rotatable bonds is 13. The second-order valence-electron chi connectivity index (χ2n) is 12.0. The molecule has 2 amide bonds. The van der Waals surface area contributed by atoms with Crippen molar-refractivity contribution in [2.75, 3.05) is 10.8 Å². The predicted octanol–water partition coefficient (Wildman–Crippen LogP) is 6.45. The number of hydrogen-bond donors (Lipinski definition) is 1. The lowest BCUT2D eigenvalue weighted by molar-refractivity contribution is -0.140. The molecule has 1 aliphatic rings. The number of nitrogens with one attached hydrogen (secondary N) is 1. The van der Waals surface area contributed by atoms with Crippen LogP contribution >= 0.6 is 0 Å². The molecular formula is C38H43N3O4S. The monoisotopic (exact) mass is 637 g/mol. The molecule has 46 heavy (non-hydrogen) atoms. The van der Waals surface area contributed by atoms with Crippen LogP contribution in [0.5, 0.6) is 0 Å². The molecular weight excluding hydrogens is 595 g/mol. The number of hydrogen-bond acceptors (Lipinski definition) is 4. The highest BCUT2D eigenvalue weighted by molar-refractivity contribution is 7.92. The zero-order valence-corrected chi connectivity index (χ0v) is 27.5. The van der Waals surface area contributed by atoms with Crippen LogP contribution in [-0.4, -0.2) is 43.8 Å². The summed E-state index contributed by atoms with van der Waals surface area (Å²) in [7, 11) is -4.13. The third-order valence-electron chi connectivity index (χ3n) is 8.66. The molecule has 4 aromatic rings. The molecule has 0 spiro atoms. The minimum Gasteiger partial charge on any atom is -0.352 e. The van der Waals surface area contributed by atoms with Crippen LogP contribution in [0, 0.1) is 6.92 Å². The van der Waals surface area contributed by atoms with Crippen molar-refractivity contribution in [1.82, 2.24) is 10.2 Å². The van der Waals surface area contributed by atoms with E-state index in [-0.39, 0.29) is 23.4 Å². The fourth-order valence-corrected chi connectivity index (χ4v) is 7.69. The van der Waals surface area contributed by atoms with Crippen molar-refractivity contribution in [1.29, 1.82) is 0 Å². The van der Waals surface area contributed by atoms with Crippen LogP contribution in [0.15, 0.2) is 114 Å². The lowest BCUT2D eigenvalue weighted by Gasteiger charge is -2.34. The summed E-state index contributed by atoms with van der Waals surface area (Å²) in [5.74, 6) is -0.669. The van der Waals surface area contributed by atoms with E-state index in [0.717, 1.165) is 47.9 Å². The molecule has 1 atom stereocenters. The summed E-state index contributed by atoms with van der Waals surface area (Å²) in [5, 5.41) is 3.23. The topological polar surface area (TPSA) is 86.8 Å². The standard InChI is InChI=1S/C38H43N3O4S/c1-3-32-19-10-13-24-35(32)41(46(44,45)34-22-8-5-9-23-34)28-37(42)40(27-31-18-14-15-29(2)25-31)36(26-30-16-6-4-7-17-30)38(43)39-33-20-11-12-21-33/h4-10,13-19,22-25,33,36H,3,11-12,20-21,26-28H2,1-2H3,(H,39,43)/t36-/m0/s1. The minimum atomic E-state index is -4.13. The first kappa shape index (κ1) is 32.9. The smallest absolute Gasteiger partial charge is 0.264 e. The molecule has 1 saturated carbocycles. The van der Waals surface area contributed by atoms with Gasteiger partial charge in [0.05, 0.1) is 10.6 Å². The van der Waals surface area contributed by atoms with Crippen molar-refractivity contribution in [3.05, 3.63) is 131 Å². The largest absolute Gasteiger partial charge is 0.352 e. The van der Waals surface area contributed by atoms with Crippen molar-refractivity contribution < 1.29 is 18.0 Å². The second kappa shape index (κ2) is 15.2. The molecule has 1 N–H and O–H groups in total. The number of sulfonamides is 1. The maximum atomic E-state index is 14.7. The molecule has 4 aromatic carbocycles. The number of carbonyl (C=O) groups is 2. The van der Waals surface area contributed by atoms with Crippen molar-refractivity contribution in [2.45, 2.75) is 75.9 Å². The van der Waals surface area contributed by atoms with Gasteiger partial charge in [0.25, 0.3) is 10.0 Å². The zero-order chi connectivity index (χ0) is 32.5. The fourth-order valence-electron chi connectivity index (χ4n) is 6.21. The Morgan fingerprint density at radius 2 is 1.46 bits per heavy atom. The Bertz CT molecular complexity index is 1720. The molecule has 0 aliphatic heterocycles. The van der Waals surface area contributed by atoms with Gasteiger partial charge in [-0.3, -0.25) is 13.9 Å². The van der Waals surface area contributed by atoms with Crippen LogP contribution in [0.4, 0.5) is 5.69 Å². The quantitative estimate of drug-likeness (QED) is 0.183. The first-order valence-electron chi connectivity index (χ1n) is 16.1. The number of carbonyl (C=O) groups excluding carboxylic acids is 2. The number of nitrogens with zero attached hydrogens (tertiary/aromatic N) is 2. The number of para-hydroxylation sites is 1. The van der Waals surface area contributed by atoms with E-state index in [1.807, 2.05) is 80.6 Å². The van der Waals surface area contributed by atoms with E-state index in [9.17, 15) is 18.0 Å². The summed E-state index contributed by atoms with van der Waals surface area (Å²) >= 11 is 0. The van der Waals surface area contributed by atoms with Gasteiger partial charge in [-0.1, -0.05) is 116 Å². The van der Waals surface area contributed by atoms with Crippen molar-refractivity contribution >= 4 is 27.5 Å². The van der Waals surface area contributed by atoms with Crippen LogP contribution in [-0.2, 0) is 39.0 Å². The molecule has 0 bridgehead atoms. The van der Waals surface area contributed by atoms with E-state index in [1.165, 1.54) is 4.31 Å². The maximum Gasteiger partial charge on any atom is 0.264 e. The van der Waals surface area contributed by atoms with Gasteiger partial charge < -0.3 is 10.2 Å².